The minimum absolute atomic E-state index is 0.132. The Bertz CT molecular complexity index is 1250. The van der Waals surface area contributed by atoms with Crippen LogP contribution in [-0.4, -0.2) is 59.5 Å². The average Bonchev–Trinajstić information content (AvgIpc) is 2.88. The molecule has 2 heterocycles. The number of fused-ring (bicyclic) bond motifs is 1. The number of imide groups is 1. The van der Waals surface area contributed by atoms with Crippen LogP contribution in [0.25, 0.3) is 10.8 Å². The van der Waals surface area contributed by atoms with Crippen LogP contribution in [0.3, 0.4) is 0 Å². The molecule has 1 atom stereocenters. The van der Waals surface area contributed by atoms with Gasteiger partial charge in [0, 0.05) is 48.8 Å². The van der Waals surface area contributed by atoms with Crippen molar-refractivity contribution >= 4 is 52.7 Å². The van der Waals surface area contributed by atoms with Gasteiger partial charge in [-0.1, -0.05) is 24.3 Å². The molecule has 0 aliphatic carbocycles. The summed E-state index contributed by atoms with van der Waals surface area (Å²) in [5.74, 6) is -0.629. The Morgan fingerprint density at radius 3 is 2.61 bits per heavy atom. The summed E-state index contributed by atoms with van der Waals surface area (Å²) in [5, 5.41) is 17.3. The van der Waals surface area contributed by atoms with E-state index in [1.165, 1.54) is 6.21 Å². The van der Waals surface area contributed by atoms with Crippen LogP contribution in [0.2, 0.25) is 0 Å². The van der Waals surface area contributed by atoms with Gasteiger partial charge < -0.3 is 15.5 Å². The zero-order valence-corrected chi connectivity index (χ0v) is 23.0. The number of piperidine rings is 2. The molecule has 2 saturated heterocycles. The van der Waals surface area contributed by atoms with Crippen LogP contribution in [-0.2, 0) is 20.7 Å². The van der Waals surface area contributed by atoms with E-state index in [0.717, 1.165) is 54.1 Å². The monoisotopic (exact) mass is 536 g/mol. The molecule has 0 radical (unpaired) electrons. The number of ether oxygens (including phenoxy) is 1. The van der Waals surface area contributed by atoms with Crippen molar-refractivity contribution in [2.45, 2.75) is 70.6 Å². The summed E-state index contributed by atoms with van der Waals surface area (Å²) in [4.78, 5) is 35.8. The first kappa shape index (κ1) is 28.0. The Labute approximate surface area is 228 Å². The first-order valence-electron chi connectivity index (χ1n) is 13.1. The van der Waals surface area contributed by atoms with Gasteiger partial charge in [0.15, 0.2) is 6.29 Å². The maximum atomic E-state index is 12.3. The van der Waals surface area contributed by atoms with Crippen LogP contribution < -0.4 is 10.6 Å². The third-order valence-corrected chi connectivity index (χ3v) is 7.78. The lowest BCUT2D eigenvalue weighted by atomic mass is 9.94. The van der Waals surface area contributed by atoms with Gasteiger partial charge in [0.25, 0.3) is 0 Å². The van der Waals surface area contributed by atoms with E-state index in [9.17, 15) is 14.4 Å². The van der Waals surface area contributed by atoms with Crippen molar-refractivity contribution in [2.75, 3.05) is 18.4 Å². The second-order valence-electron chi connectivity index (χ2n) is 10.8. The maximum Gasteiger partial charge on any atom is 0.249 e. The molecule has 1 unspecified atom stereocenters. The third-order valence-electron chi connectivity index (χ3n) is 6.71. The fourth-order valence-electron chi connectivity index (χ4n) is 4.93. The minimum Gasteiger partial charge on any atom is -0.373 e. The van der Waals surface area contributed by atoms with Gasteiger partial charge in [-0.2, -0.15) is 0 Å². The van der Waals surface area contributed by atoms with Gasteiger partial charge >= 0.3 is 0 Å². The van der Waals surface area contributed by atoms with Crippen LogP contribution in [0, 0.1) is 5.41 Å². The topological polar surface area (TPSA) is 112 Å². The van der Waals surface area contributed by atoms with Crippen LogP contribution >= 0.6 is 11.9 Å². The van der Waals surface area contributed by atoms with Crippen molar-refractivity contribution in [3.05, 3.63) is 52.4 Å². The second kappa shape index (κ2) is 12.2. The molecule has 0 spiro atoms. The number of anilines is 1. The van der Waals surface area contributed by atoms with Crippen molar-refractivity contribution < 1.29 is 19.1 Å². The standard InChI is InChI=1S/C29H36N4O4S/c1-29(2,3)37-22-11-13-33(14-12-22)38-18-19(16-30)15-20-7-8-24(27-21(17-34)5-4-6-23(20)27)31-25-9-10-26(35)32-28(25)36/h4-8,16-18,22,25,30-31H,9-15H2,1-3H3,(H,32,35,36)/b19-18-,30-16?. The summed E-state index contributed by atoms with van der Waals surface area (Å²) in [6, 6.07) is 8.86. The van der Waals surface area contributed by atoms with Crippen LogP contribution in [0.5, 0.6) is 0 Å². The molecule has 38 heavy (non-hydrogen) atoms. The predicted octanol–water partition coefficient (Wildman–Crippen LogP) is 4.87. The number of hydrogen-bond donors (Lipinski definition) is 3. The predicted molar refractivity (Wildman–Crippen MR) is 153 cm³/mol. The SMILES string of the molecule is CC(C)(C)OC1CCN(S/C=C(\C=N)Cc2ccc(NC3CCC(=O)NC3=O)c3c(C=O)cccc23)CC1. The summed E-state index contributed by atoms with van der Waals surface area (Å²) in [6.45, 7) is 8.13. The lowest BCUT2D eigenvalue weighted by Gasteiger charge is -2.34. The minimum atomic E-state index is -0.548. The molecule has 0 bridgehead atoms. The van der Waals surface area contributed by atoms with Crippen molar-refractivity contribution in [3.63, 3.8) is 0 Å². The number of allylic oxidation sites excluding steroid dienone is 1. The van der Waals surface area contributed by atoms with E-state index in [2.05, 4.69) is 35.7 Å². The summed E-state index contributed by atoms with van der Waals surface area (Å²) in [7, 11) is 0. The third kappa shape index (κ3) is 7.09. The fourth-order valence-corrected chi connectivity index (χ4v) is 5.79. The number of hydrogen-bond acceptors (Lipinski definition) is 8. The molecular formula is C29H36N4O4S. The summed E-state index contributed by atoms with van der Waals surface area (Å²) < 4.78 is 8.43. The Morgan fingerprint density at radius 1 is 1.18 bits per heavy atom. The molecule has 2 aromatic rings. The van der Waals surface area contributed by atoms with Gasteiger partial charge in [0.1, 0.15) is 6.04 Å². The molecular weight excluding hydrogens is 500 g/mol. The highest BCUT2D eigenvalue weighted by atomic mass is 32.2. The zero-order valence-electron chi connectivity index (χ0n) is 22.2. The highest BCUT2D eigenvalue weighted by Crippen LogP contribution is 2.32. The number of amides is 2. The van der Waals surface area contributed by atoms with E-state index < -0.39 is 6.04 Å². The number of carbonyl (C=O) groups is 3. The molecule has 2 aliphatic heterocycles. The molecule has 0 saturated carbocycles. The molecule has 3 N–H and O–H groups in total. The molecule has 8 nitrogen and oxygen atoms in total. The van der Waals surface area contributed by atoms with Gasteiger partial charge in [0.2, 0.25) is 11.8 Å². The molecule has 2 amide bonds. The van der Waals surface area contributed by atoms with E-state index in [1.54, 1.807) is 18.0 Å². The molecule has 2 aliphatic rings. The highest BCUT2D eigenvalue weighted by Gasteiger charge is 2.27. The van der Waals surface area contributed by atoms with Gasteiger partial charge in [-0.25, -0.2) is 4.31 Å². The van der Waals surface area contributed by atoms with Gasteiger partial charge in [0.05, 0.1) is 11.7 Å². The average molecular weight is 537 g/mol. The zero-order chi connectivity index (χ0) is 27.3. The van der Waals surface area contributed by atoms with Gasteiger partial charge in [-0.05, 0) is 80.0 Å². The number of benzene rings is 2. The smallest absolute Gasteiger partial charge is 0.249 e. The maximum absolute atomic E-state index is 12.3. The molecule has 9 heteroatoms. The molecule has 2 fully saturated rings. The van der Waals surface area contributed by atoms with E-state index in [1.807, 2.05) is 29.7 Å². The number of rotatable bonds is 9. The summed E-state index contributed by atoms with van der Waals surface area (Å²) in [5.41, 5.74) is 2.93. The Balaban J connectivity index is 1.50. The first-order chi connectivity index (χ1) is 18.2. The van der Waals surface area contributed by atoms with E-state index in [0.29, 0.717) is 24.1 Å². The molecule has 2 aromatic carbocycles. The number of carbonyl (C=O) groups excluding carboxylic acids is 3. The van der Waals surface area contributed by atoms with Crippen molar-refractivity contribution in [2.24, 2.45) is 0 Å². The van der Waals surface area contributed by atoms with Gasteiger partial charge in [-0.15, -0.1) is 0 Å². The van der Waals surface area contributed by atoms with Crippen LogP contribution in [0.4, 0.5) is 5.69 Å². The Hall–Kier alpha value is -3.01. The van der Waals surface area contributed by atoms with Crippen molar-refractivity contribution in [1.82, 2.24) is 9.62 Å². The first-order valence-corrected chi connectivity index (χ1v) is 13.9. The van der Waals surface area contributed by atoms with Crippen molar-refractivity contribution in [1.29, 1.82) is 5.41 Å². The summed E-state index contributed by atoms with van der Waals surface area (Å²) >= 11 is 1.63. The van der Waals surface area contributed by atoms with Gasteiger partial charge in [-0.3, -0.25) is 19.7 Å². The molecule has 0 aromatic heterocycles. The summed E-state index contributed by atoms with van der Waals surface area (Å²) in [6.07, 6.45) is 5.66. The number of nitrogens with zero attached hydrogens (tertiary/aromatic N) is 1. The number of aldehydes is 1. The lowest BCUT2D eigenvalue weighted by Crippen LogP contribution is -2.47. The fraction of sp³-hybridized carbons (Fsp3) is 0.448. The van der Waals surface area contributed by atoms with Crippen LogP contribution in [0.1, 0.15) is 62.4 Å². The normalized spacial score (nSPS) is 19.9. The van der Waals surface area contributed by atoms with E-state index >= 15 is 0 Å². The largest absolute Gasteiger partial charge is 0.373 e. The lowest BCUT2D eigenvalue weighted by molar-refractivity contribution is -0.133. The van der Waals surface area contributed by atoms with E-state index in [-0.39, 0.29) is 29.9 Å². The number of nitrogens with one attached hydrogen (secondary N) is 3. The van der Waals surface area contributed by atoms with Crippen molar-refractivity contribution in [3.8, 4) is 0 Å². The Morgan fingerprint density at radius 2 is 1.95 bits per heavy atom. The highest BCUT2D eigenvalue weighted by molar-refractivity contribution is 7.99. The molecule has 4 rings (SSSR count). The van der Waals surface area contributed by atoms with E-state index in [4.69, 9.17) is 10.1 Å². The molecule has 202 valence electrons. The van der Waals surface area contributed by atoms with Crippen LogP contribution in [0.15, 0.2) is 41.3 Å². The quantitative estimate of drug-likeness (QED) is 0.181. The Kier molecular flexibility index (Phi) is 9.02. The second-order valence-corrected chi connectivity index (χ2v) is 11.7.